The van der Waals surface area contributed by atoms with Gasteiger partial charge in [0.25, 0.3) is 0 Å². The summed E-state index contributed by atoms with van der Waals surface area (Å²) in [5.74, 6) is 2.09. The van der Waals surface area contributed by atoms with Gasteiger partial charge in [0, 0.05) is 16.9 Å². The van der Waals surface area contributed by atoms with Gasteiger partial charge < -0.3 is 0 Å². The first-order valence-electron chi connectivity index (χ1n) is 9.28. The number of ketones is 1. The van der Waals surface area contributed by atoms with Crippen LogP contribution in [0.4, 0.5) is 0 Å². The molecule has 0 fully saturated rings. The van der Waals surface area contributed by atoms with Crippen molar-refractivity contribution in [1.82, 2.24) is 0 Å². The molecule has 0 aromatic heterocycles. The topological polar surface area (TPSA) is 64.0 Å². The van der Waals surface area contributed by atoms with Gasteiger partial charge in [-0.3, -0.25) is 8.42 Å². The van der Waals surface area contributed by atoms with Gasteiger partial charge in [-0.1, -0.05) is 60.8 Å². The lowest BCUT2D eigenvalue weighted by Crippen LogP contribution is -2.33. The minimum Gasteiger partial charge on any atom is -0.298 e. The predicted octanol–water partition coefficient (Wildman–Crippen LogP) is 5.15. The maximum Gasteiger partial charge on any atom is 0.390 e. The molecule has 0 atom stereocenters. The molecule has 0 radical (unpaired) electrons. The second-order valence-electron chi connectivity index (χ2n) is 7.65. The molecule has 0 amide bonds. The van der Waals surface area contributed by atoms with Crippen molar-refractivity contribution in [2.75, 3.05) is 23.0 Å². The quantitative estimate of drug-likeness (QED) is 0.326. The van der Waals surface area contributed by atoms with Gasteiger partial charge in [-0.15, -0.1) is 0 Å². The van der Waals surface area contributed by atoms with E-state index in [1.165, 1.54) is 0 Å². The van der Waals surface area contributed by atoms with Crippen molar-refractivity contribution >= 4 is 26.2 Å². The average molecular weight is 384 g/mol. The van der Waals surface area contributed by atoms with E-state index in [2.05, 4.69) is 17.5 Å². The molecule has 0 aliphatic heterocycles. The van der Waals surface area contributed by atoms with Gasteiger partial charge >= 0.3 is 10.1 Å². The number of carbonyl (C=O) groups excluding carboxylic acids is 1. The van der Waals surface area contributed by atoms with Gasteiger partial charge in [0.15, 0.2) is 5.78 Å². The summed E-state index contributed by atoms with van der Waals surface area (Å²) in [6.07, 6.45) is 5.33. The van der Waals surface area contributed by atoms with Crippen LogP contribution in [0.5, 0.6) is 0 Å². The Hall–Kier alpha value is -0.0700. The lowest BCUT2D eigenvalue weighted by Gasteiger charge is -2.35. The highest BCUT2D eigenvalue weighted by molar-refractivity contribution is 8.32. The van der Waals surface area contributed by atoms with E-state index in [-0.39, 0.29) is 11.5 Å². The number of hydrogen-bond acceptors (Lipinski definition) is 3. The van der Waals surface area contributed by atoms with Gasteiger partial charge in [0.1, 0.15) is 5.75 Å². The van der Waals surface area contributed by atoms with Crippen LogP contribution in [0, 0.1) is 5.41 Å². The summed E-state index contributed by atoms with van der Waals surface area (Å²) >= 11 is 0. The van der Waals surface area contributed by atoms with Crippen LogP contribution in [-0.4, -0.2) is 40.8 Å². The van der Waals surface area contributed by atoms with Gasteiger partial charge in [0.2, 0.25) is 0 Å². The van der Waals surface area contributed by atoms with E-state index in [4.69, 9.17) is 0 Å². The highest BCUT2D eigenvalue weighted by Crippen LogP contribution is 2.51. The molecule has 0 unspecified atom stereocenters. The summed E-state index contributed by atoms with van der Waals surface area (Å²) in [4.78, 5) is 12.7. The van der Waals surface area contributed by atoms with E-state index in [1.807, 2.05) is 27.7 Å². The van der Waals surface area contributed by atoms with Gasteiger partial charge in [0.05, 0.1) is 5.75 Å². The van der Waals surface area contributed by atoms with Gasteiger partial charge in [-0.05, 0) is 29.6 Å². The van der Waals surface area contributed by atoms with E-state index in [1.54, 1.807) is 0 Å². The molecule has 0 saturated heterocycles. The number of Topliss-reactive ketones (excluding diaryl/α,β-unsaturated/α-hetero) is 1. The lowest BCUT2D eigenvalue weighted by atomic mass is 9.92. The van der Waals surface area contributed by atoms with E-state index >= 15 is 0 Å². The van der Waals surface area contributed by atoms with E-state index in [0.717, 1.165) is 43.6 Å². The summed E-state index contributed by atoms with van der Waals surface area (Å²) < 4.78 is 29.5. The average Bonchev–Trinajstić information content (AvgIpc) is 2.47. The summed E-state index contributed by atoms with van der Waals surface area (Å²) in [6, 6.07) is 0. The van der Waals surface area contributed by atoms with Crippen molar-refractivity contribution in [2.45, 2.75) is 80.1 Å². The standard InChI is InChI=1S/C18H38O4S2/c1-7-10-13-23(14-11-8-2,16-17(19)18(4,5)6)22-24(20,21)15-12-9-3/h7-16H2,1-6H3/p+1. The highest BCUT2D eigenvalue weighted by atomic mass is 32.3. The number of rotatable bonds is 13. The lowest BCUT2D eigenvalue weighted by molar-refractivity contribution is -0.123. The number of unbranched alkanes of at least 4 members (excludes halogenated alkanes) is 3. The SMILES string of the molecule is CCCCS(CCCC)(CC(=O)C(C)(C)C)[OH+]S(=O)(=O)CCCC. The third-order valence-corrected chi connectivity index (χ3v) is 9.89. The maximum absolute atomic E-state index is 12.7. The van der Waals surface area contributed by atoms with E-state index < -0.39 is 25.8 Å². The molecule has 4 nitrogen and oxygen atoms in total. The highest BCUT2D eigenvalue weighted by Gasteiger charge is 2.40. The Morgan fingerprint density at radius 2 is 1.25 bits per heavy atom. The molecule has 0 aromatic carbocycles. The van der Waals surface area contributed by atoms with Gasteiger partial charge in [-0.2, -0.15) is 8.42 Å². The van der Waals surface area contributed by atoms with Crippen LogP contribution in [0.25, 0.3) is 0 Å². The summed E-state index contributed by atoms with van der Waals surface area (Å²) in [7, 11) is -5.25. The number of hydrogen-bond donors (Lipinski definition) is 0. The molecule has 1 N–H and O–H groups in total. The van der Waals surface area contributed by atoms with Crippen LogP contribution >= 0.6 is 10.3 Å². The molecule has 6 heteroatoms. The molecule has 0 rings (SSSR count). The minimum absolute atomic E-state index is 0.111. The smallest absolute Gasteiger partial charge is 0.298 e. The zero-order chi connectivity index (χ0) is 18.9. The van der Waals surface area contributed by atoms with E-state index in [0.29, 0.717) is 12.2 Å². The third-order valence-electron chi connectivity index (χ3n) is 4.02. The Kier molecular flexibility index (Phi) is 10.8. The normalized spacial score (nSPS) is 13.9. The van der Waals surface area contributed by atoms with Crippen LogP contribution in [0.1, 0.15) is 80.1 Å². The van der Waals surface area contributed by atoms with Crippen molar-refractivity contribution < 1.29 is 16.8 Å². The first-order chi connectivity index (χ1) is 11.0. The molecule has 0 heterocycles. The van der Waals surface area contributed by atoms with Crippen molar-refractivity contribution in [3.63, 3.8) is 0 Å². The Morgan fingerprint density at radius 3 is 1.62 bits per heavy atom. The Bertz CT molecular complexity index is 456. The summed E-state index contributed by atoms with van der Waals surface area (Å²) in [5, 5.41) is 0. The van der Waals surface area contributed by atoms with Crippen LogP contribution < -0.4 is 0 Å². The second kappa shape index (κ2) is 10.8. The zero-order valence-corrected chi connectivity index (χ0v) is 18.2. The first kappa shape index (κ1) is 23.9. The van der Waals surface area contributed by atoms with Crippen LogP contribution in [-0.2, 0) is 14.9 Å². The molecule has 24 heavy (non-hydrogen) atoms. The minimum atomic E-state index is -3.44. The van der Waals surface area contributed by atoms with E-state index in [9.17, 15) is 13.2 Å². The van der Waals surface area contributed by atoms with Crippen molar-refractivity contribution in [3.05, 3.63) is 0 Å². The monoisotopic (exact) mass is 383 g/mol. The van der Waals surface area contributed by atoms with Crippen LogP contribution in [0.3, 0.4) is 0 Å². The summed E-state index contributed by atoms with van der Waals surface area (Å²) in [5.41, 5.74) is -0.445. The maximum atomic E-state index is 12.7. The Balaban J connectivity index is 5.50. The van der Waals surface area contributed by atoms with Crippen LogP contribution in [0.2, 0.25) is 0 Å². The molecule has 0 aliphatic rings. The predicted molar refractivity (Wildman–Crippen MR) is 108 cm³/mol. The fraction of sp³-hybridized carbons (Fsp3) is 0.944. The molecule has 0 saturated carbocycles. The molecular weight excluding hydrogens is 344 g/mol. The van der Waals surface area contributed by atoms with Crippen molar-refractivity contribution in [2.24, 2.45) is 5.41 Å². The number of carbonyl (C=O) groups is 1. The largest absolute Gasteiger partial charge is 0.390 e. The fourth-order valence-corrected chi connectivity index (χ4v) is 8.99. The van der Waals surface area contributed by atoms with Gasteiger partial charge in [-0.25, -0.2) is 0 Å². The van der Waals surface area contributed by atoms with Crippen molar-refractivity contribution in [1.29, 1.82) is 0 Å². The van der Waals surface area contributed by atoms with Crippen LogP contribution in [0.15, 0.2) is 0 Å². The van der Waals surface area contributed by atoms with Crippen molar-refractivity contribution in [3.8, 4) is 0 Å². The molecular formula is C18H39O4S2+. The Labute approximate surface area is 151 Å². The molecule has 146 valence electrons. The third kappa shape index (κ3) is 9.42. The molecule has 0 aromatic rings. The zero-order valence-electron chi connectivity index (χ0n) is 16.6. The molecule has 0 spiro atoms. The molecule has 0 aliphatic carbocycles. The first-order valence-corrected chi connectivity index (χ1v) is 13.0. The molecule has 0 bridgehead atoms. The Morgan fingerprint density at radius 1 is 0.833 bits per heavy atom. The summed E-state index contributed by atoms with van der Waals surface area (Å²) in [6.45, 7) is 11.9. The fourth-order valence-electron chi connectivity index (χ4n) is 2.24. The second-order valence-corrected chi connectivity index (χ2v) is 12.9.